The maximum Gasteiger partial charge on any atom is 0.263 e. The van der Waals surface area contributed by atoms with E-state index in [4.69, 9.17) is 0 Å². The van der Waals surface area contributed by atoms with Crippen LogP contribution in [0.4, 0.5) is 0 Å². The quantitative estimate of drug-likeness (QED) is 0.524. The Balaban J connectivity index is 3.02. The minimum absolute atomic E-state index is 0.261. The fourth-order valence-electron chi connectivity index (χ4n) is 1.37. The first-order chi connectivity index (χ1) is 6.21. The van der Waals surface area contributed by atoms with E-state index >= 15 is 0 Å². The molecule has 0 bridgehead atoms. The van der Waals surface area contributed by atoms with Crippen molar-refractivity contribution in [1.82, 2.24) is 0 Å². The van der Waals surface area contributed by atoms with E-state index in [9.17, 15) is 0 Å². The maximum atomic E-state index is 2.25. The summed E-state index contributed by atoms with van der Waals surface area (Å²) < 4.78 is 0.270. The third-order valence-corrected chi connectivity index (χ3v) is 3.12. The molecule has 0 nitrogen and oxygen atoms in total. The molecule has 0 amide bonds. The lowest BCUT2D eigenvalue weighted by Gasteiger charge is -2.20. The average molecular weight is 303 g/mol. The van der Waals surface area contributed by atoms with Crippen LogP contribution in [-0.4, -0.2) is 0 Å². The summed E-state index contributed by atoms with van der Waals surface area (Å²) in [5, 5.41) is 0. The molecule has 0 saturated carbocycles. The van der Waals surface area contributed by atoms with E-state index in [-0.39, 0.29) is 8.84 Å². The fraction of sp³-hybridized carbons (Fsp3) is 0.538. The molecule has 0 aromatic heterocycles. The van der Waals surface area contributed by atoms with Gasteiger partial charge in [0.25, 0.3) is 22.6 Å². The van der Waals surface area contributed by atoms with Crippen molar-refractivity contribution in [2.24, 2.45) is 0 Å². The molecule has 0 atom stereocenters. The molecule has 1 aromatic carbocycles. The Labute approximate surface area is 101 Å². The predicted octanol–water partition coefficient (Wildman–Crippen LogP) is 0.505. The van der Waals surface area contributed by atoms with Crippen molar-refractivity contribution < 1.29 is 22.6 Å². The predicted molar refractivity (Wildman–Crippen MR) is 59.6 cm³/mol. The van der Waals surface area contributed by atoms with Crippen molar-refractivity contribution in [1.29, 1.82) is 0 Å². The van der Waals surface area contributed by atoms with E-state index < -0.39 is 0 Å². The van der Waals surface area contributed by atoms with Gasteiger partial charge < -0.3 is 0 Å². The molecule has 78 valence electrons. The zero-order chi connectivity index (χ0) is 11.0. The van der Waals surface area contributed by atoms with Gasteiger partial charge in [0.15, 0.2) is 3.42 Å². The normalized spacial score (nSPS) is 13.0. The van der Waals surface area contributed by atoms with E-state index in [1.165, 1.54) is 11.1 Å². The highest BCUT2D eigenvalue weighted by Gasteiger charge is 2.25. The number of benzene rings is 1. The summed E-state index contributed by atoms with van der Waals surface area (Å²) >= 11 is 2.17. The van der Waals surface area contributed by atoms with E-state index in [1.54, 1.807) is 0 Å². The molecular weight excluding hydrogens is 283 g/mol. The topological polar surface area (TPSA) is 0 Å². The van der Waals surface area contributed by atoms with Crippen LogP contribution in [0.25, 0.3) is 0 Å². The Bertz CT molecular complexity index is 262. The number of alkyl halides is 1. The van der Waals surface area contributed by atoms with Gasteiger partial charge in [0.05, 0.1) is 0 Å². The zero-order valence-electron chi connectivity index (χ0n) is 9.72. The second-order valence-corrected chi connectivity index (χ2v) is 8.25. The van der Waals surface area contributed by atoms with Crippen LogP contribution >= 0.6 is 0 Å². The van der Waals surface area contributed by atoms with Gasteiger partial charge in [0, 0.05) is 5.56 Å². The molecule has 1 rings (SSSR count). The first-order valence-corrected chi connectivity index (χ1v) is 6.19. The van der Waals surface area contributed by atoms with Gasteiger partial charge in [0.1, 0.15) is 0 Å². The van der Waals surface area contributed by atoms with Crippen LogP contribution in [0.5, 0.6) is 0 Å². The van der Waals surface area contributed by atoms with Crippen LogP contribution in [-0.2, 0) is 8.84 Å². The SMILES string of the molecule is CC(C)(C)c1ccc(C(C)(C)[IH+])cc1. The lowest BCUT2D eigenvalue weighted by atomic mass is 9.86. The molecule has 14 heavy (non-hydrogen) atoms. The Morgan fingerprint density at radius 3 is 1.43 bits per heavy atom. The molecule has 0 unspecified atom stereocenters. The van der Waals surface area contributed by atoms with E-state index in [2.05, 4.69) is 81.5 Å². The smallest absolute Gasteiger partial charge is 0.0581 e. The molecule has 0 fully saturated rings. The van der Waals surface area contributed by atoms with Gasteiger partial charge >= 0.3 is 0 Å². The van der Waals surface area contributed by atoms with E-state index in [1.807, 2.05) is 0 Å². The third-order valence-electron chi connectivity index (χ3n) is 2.45. The van der Waals surface area contributed by atoms with Gasteiger partial charge in [-0.05, 0) is 24.8 Å². The van der Waals surface area contributed by atoms with Crippen molar-refractivity contribution in [3.8, 4) is 0 Å². The number of rotatable bonds is 1. The maximum absolute atomic E-state index is 2.25. The molecule has 0 aliphatic heterocycles. The van der Waals surface area contributed by atoms with Crippen LogP contribution in [0.1, 0.15) is 45.7 Å². The van der Waals surface area contributed by atoms with Crippen LogP contribution in [0.15, 0.2) is 24.3 Å². The molecule has 0 N–H and O–H groups in total. The lowest BCUT2D eigenvalue weighted by Crippen LogP contribution is -3.41. The van der Waals surface area contributed by atoms with Crippen molar-refractivity contribution in [3.05, 3.63) is 35.4 Å². The van der Waals surface area contributed by atoms with Gasteiger partial charge in [-0.15, -0.1) is 0 Å². The highest BCUT2D eigenvalue weighted by molar-refractivity contribution is 5.29. The van der Waals surface area contributed by atoms with Gasteiger partial charge in [-0.3, -0.25) is 0 Å². The van der Waals surface area contributed by atoms with Gasteiger partial charge in [-0.25, -0.2) is 0 Å². The molecule has 1 heteroatoms. The van der Waals surface area contributed by atoms with E-state index in [0.29, 0.717) is 0 Å². The summed E-state index contributed by atoms with van der Waals surface area (Å²) in [7, 11) is 0. The molecule has 0 aliphatic rings. The summed E-state index contributed by atoms with van der Waals surface area (Å²) in [6, 6.07) is 9.01. The van der Waals surface area contributed by atoms with Crippen molar-refractivity contribution in [3.63, 3.8) is 0 Å². The zero-order valence-corrected chi connectivity index (χ0v) is 12.0. The van der Waals surface area contributed by atoms with Gasteiger partial charge in [0.2, 0.25) is 0 Å². The molecular formula is C13H20I+. The largest absolute Gasteiger partial charge is 0.263 e. The summed E-state index contributed by atoms with van der Waals surface area (Å²) in [5.41, 5.74) is 3.08. The van der Waals surface area contributed by atoms with Crippen LogP contribution < -0.4 is 22.6 Å². The monoisotopic (exact) mass is 303 g/mol. The first kappa shape index (κ1) is 12.0. The Kier molecular flexibility index (Phi) is 3.30. The molecule has 0 saturated heterocycles. The van der Waals surface area contributed by atoms with Crippen LogP contribution in [0.3, 0.4) is 0 Å². The summed E-state index contributed by atoms with van der Waals surface area (Å²) in [6.07, 6.45) is 0. The third kappa shape index (κ3) is 2.97. The highest BCUT2D eigenvalue weighted by atomic mass is 127. The second kappa shape index (κ2) is 3.84. The van der Waals surface area contributed by atoms with Crippen LogP contribution in [0, 0.1) is 0 Å². The van der Waals surface area contributed by atoms with Crippen molar-refractivity contribution in [2.45, 2.75) is 43.5 Å². The highest BCUT2D eigenvalue weighted by Crippen LogP contribution is 2.23. The molecule has 0 spiro atoms. The number of hydrogen-bond acceptors (Lipinski definition) is 0. The van der Waals surface area contributed by atoms with Gasteiger partial charge in [-0.1, -0.05) is 45.0 Å². The number of halogens is 1. The van der Waals surface area contributed by atoms with Crippen LogP contribution in [0.2, 0.25) is 0 Å². The Morgan fingerprint density at radius 2 is 1.14 bits per heavy atom. The summed E-state index contributed by atoms with van der Waals surface area (Å²) in [6.45, 7) is 11.3. The minimum Gasteiger partial charge on any atom is -0.0581 e. The second-order valence-electron chi connectivity index (χ2n) is 5.34. The van der Waals surface area contributed by atoms with E-state index in [0.717, 1.165) is 0 Å². The molecule has 1 aromatic rings. The minimum atomic E-state index is 0.261. The fourth-order valence-corrected chi connectivity index (χ4v) is 1.76. The average Bonchev–Trinajstić information content (AvgIpc) is 2.01. The Hall–Kier alpha value is -0.0500. The molecule has 0 radical (unpaired) electrons. The lowest BCUT2D eigenvalue weighted by molar-refractivity contribution is -0.475. The first-order valence-electron chi connectivity index (χ1n) is 5.03. The Morgan fingerprint density at radius 1 is 0.786 bits per heavy atom. The van der Waals surface area contributed by atoms with Crippen molar-refractivity contribution in [2.75, 3.05) is 0 Å². The molecule has 0 heterocycles. The summed E-state index contributed by atoms with van der Waals surface area (Å²) in [4.78, 5) is 0. The van der Waals surface area contributed by atoms with Gasteiger partial charge in [-0.2, -0.15) is 0 Å². The summed E-state index contributed by atoms with van der Waals surface area (Å²) in [5.74, 6) is 0. The van der Waals surface area contributed by atoms with Crippen molar-refractivity contribution >= 4 is 0 Å². The standard InChI is InChI=1S/C13H20I/c1-12(2,3)10-6-8-11(9-7-10)13(4,5)14/h6-9,14H,1-5H3/q+1. The molecule has 0 aliphatic carbocycles. The number of hydrogen-bond donors (Lipinski definition) is 0.